The highest BCUT2D eigenvalue weighted by molar-refractivity contribution is 5.61. The van der Waals surface area contributed by atoms with Crippen LogP contribution in [0.1, 0.15) is 52.5 Å². The summed E-state index contributed by atoms with van der Waals surface area (Å²) in [5.74, 6) is 0. The van der Waals surface area contributed by atoms with E-state index < -0.39 is 0 Å². The maximum Gasteiger partial charge on any atom is 0.293 e. The minimum Gasteiger partial charge on any atom is -0.462 e. The Balaban J connectivity index is 0.000000295. The smallest absolute Gasteiger partial charge is 0.293 e. The van der Waals surface area contributed by atoms with Crippen LogP contribution in [0.2, 0.25) is 0 Å². The molecule has 1 heterocycles. The Bertz CT molecular complexity index is 461. The first-order chi connectivity index (χ1) is 10.4. The summed E-state index contributed by atoms with van der Waals surface area (Å²) < 4.78 is 4.55. The number of rotatable bonds is 3. The highest BCUT2D eigenvalue weighted by atomic mass is 16.5. The van der Waals surface area contributed by atoms with Crippen LogP contribution in [0.5, 0.6) is 0 Å². The van der Waals surface area contributed by atoms with Gasteiger partial charge in [-0.3, -0.25) is 4.79 Å². The summed E-state index contributed by atoms with van der Waals surface area (Å²) in [6.07, 6.45) is 5.10. The average Bonchev–Trinajstić information content (AvgIpc) is 2.47. The Morgan fingerprint density at radius 1 is 1.23 bits per heavy atom. The molecule has 0 aromatic heterocycles. The van der Waals surface area contributed by atoms with Crippen molar-refractivity contribution in [3.63, 3.8) is 0 Å². The Morgan fingerprint density at radius 2 is 1.86 bits per heavy atom. The number of anilines is 2. The van der Waals surface area contributed by atoms with E-state index in [1.54, 1.807) is 0 Å². The third-order valence-corrected chi connectivity index (χ3v) is 3.59. The molecule has 0 saturated carbocycles. The fourth-order valence-electron chi connectivity index (χ4n) is 2.45. The van der Waals surface area contributed by atoms with E-state index in [1.807, 2.05) is 26.8 Å². The van der Waals surface area contributed by atoms with Crippen molar-refractivity contribution in [3.05, 3.63) is 23.8 Å². The molecule has 0 radical (unpaired) electrons. The average molecular weight is 306 g/mol. The molecule has 0 bridgehead atoms. The monoisotopic (exact) mass is 306 g/mol. The molecule has 4 heteroatoms. The van der Waals surface area contributed by atoms with E-state index in [-0.39, 0.29) is 5.60 Å². The van der Waals surface area contributed by atoms with Crippen molar-refractivity contribution < 1.29 is 9.53 Å². The van der Waals surface area contributed by atoms with Crippen LogP contribution in [0.4, 0.5) is 11.4 Å². The number of nitrogen functional groups attached to an aromatic ring is 1. The fraction of sp³-hybridized carbons (Fsp3) is 0.611. The largest absolute Gasteiger partial charge is 0.462 e. The molecule has 2 rings (SSSR count). The van der Waals surface area contributed by atoms with Crippen molar-refractivity contribution in [2.24, 2.45) is 0 Å². The summed E-state index contributed by atoms with van der Waals surface area (Å²) in [7, 11) is 0. The van der Waals surface area contributed by atoms with Crippen LogP contribution in [0.25, 0.3) is 0 Å². The van der Waals surface area contributed by atoms with Gasteiger partial charge in [0.25, 0.3) is 6.47 Å². The molecule has 1 aromatic carbocycles. The van der Waals surface area contributed by atoms with Crippen LogP contribution in [0.3, 0.4) is 0 Å². The minimum absolute atomic E-state index is 0.318. The summed E-state index contributed by atoms with van der Waals surface area (Å²) in [6.45, 7) is 10.5. The molecule has 1 aromatic rings. The summed E-state index contributed by atoms with van der Waals surface area (Å²) in [6, 6.07) is 6.30. The molecule has 4 nitrogen and oxygen atoms in total. The second-order valence-corrected chi connectivity index (χ2v) is 6.62. The zero-order valence-electron chi connectivity index (χ0n) is 14.4. The number of aryl methyl sites for hydroxylation is 1. The first-order valence-electron chi connectivity index (χ1n) is 8.12. The minimum atomic E-state index is -0.318. The number of carbonyl (C=O) groups excluding carboxylic acids is 1. The molecule has 0 amide bonds. The zero-order valence-corrected chi connectivity index (χ0v) is 14.4. The molecule has 0 unspecified atom stereocenters. The van der Waals surface area contributed by atoms with Crippen LogP contribution in [0, 0.1) is 0 Å². The summed E-state index contributed by atoms with van der Waals surface area (Å²) in [5.41, 5.74) is 9.21. The maximum absolute atomic E-state index is 9.60. The van der Waals surface area contributed by atoms with E-state index in [4.69, 9.17) is 5.73 Å². The van der Waals surface area contributed by atoms with Gasteiger partial charge in [-0.25, -0.2) is 0 Å². The van der Waals surface area contributed by atoms with Crippen LogP contribution in [0.15, 0.2) is 18.2 Å². The van der Waals surface area contributed by atoms with Crippen LogP contribution in [-0.2, 0) is 16.0 Å². The predicted molar refractivity (Wildman–Crippen MR) is 93.2 cm³/mol. The van der Waals surface area contributed by atoms with Crippen LogP contribution >= 0.6 is 0 Å². The fourth-order valence-corrected chi connectivity index (χ4v) is 2.45. The Morgan fingerprint density at radius 3 is 2.32 bits per heavy atom. The molecule has 0 atom stereocenters. The van der Waals surface area contributed by atoms with Gasteiger partial charge < -0.3 is 15.4 Å². The third kappa shape index (κ3) is 6.37. The van der Waals surface area contributed by atoms with Gasteiger partial charge >= 0.3 is 0 Å². The lowest BCUT2D eigenvalue weighted by atomic mass is 10.1. The van der Waals surface area contributed by atoms with Crippen molar-refractivity contribution in [1.29, 1.82) is 0 Å². The number of nitrogens with zero attached hydrogens (tertiary/aromatic N) is 1. The van der Waals surface area contributed by atoms with E-state index in [1.165, 1.54) is 43.6 Å². The molecule has 1 fully saturated rings. The van der Waals surface area contributed by atoms with E-state index >= 15 is 0 Å². The number of piperidine rings is 1. The second kappa shape index (κ2) is 8.66. The number of hydrogen-bond acceptors (Lipinski definition) is 4. The molecule has 22 heavy (non-hydrogen) atoms. The van der Waals surface area contributed by atoms with E-state index in [0.29, 0.717) is 6.47 Å². The Labute approximate surface area is 134 Å². The first-order valence-corrected chi connectivity index (χ1v) is 8.12. The zero-order chi connectivity index (χ0) is 16.6. The van der Waals surface area contributed by atoms with Crippen molar-refractivity contribution in [3.8, 4) is 0 Å². The lowest BCUT2D eigenvalue weighted by molar-refractivity contribution is -0.138. The molecule has 1 saturated heterocycles. The standard InChI is InChI=1S/C13H20N2.C5H10O2/c1-2-11-6-7-12(14)10-13(11)15-8-4-3-5-9-15;1-5(2,3)7-4-6/h6-7,10H,2-5,8-9,14H2,1H3;4H,1-3H3. The van der Waals surface area contributed by atoms with E-state index in [9.17, 15) is 4.79 Å². The van der Waals surface area contributed by atoms with Crippen molar-refractivity contribution in [2.75, 3.05) is 23.7 Å². The topological polar surface area (TPSA) is 55.6 Å². The highest BCUT2D eigenvalue weighted by Gasteiger charge is 2.13. The second-order valence-electron chi connectivity index (χ2n) is 6.62. The van der Waals surface area contributed by atoms with Crippen molar-refractivity contribution in [2.45, 2.75) is 59.0 Å². The van der Waals surface area contributed by atoms with Gasteiger partial charge in [-0.1, -0.05) is 13.0 Å². The molecule has 124 valence electrons. The predicted octanol–water partition coefficient (Wildman–Crippen LogP) is 3.78. The lowest BCUT2D eigenvalue weighted by Crippen LogP contribution is -2.30. The molecular formula is C18H30N2O2. The quantitative estimate of drug-likeness (QED) is 0.682. The van der Waals surface area contributed by atoms with Gasteiger partial charge in [-0.2, -0.15) is 0 Å². The molecule has 1 aliphatic heterocycles. The Kier molecular flexibility index (Phi) is 7.22. The molecular weight excluding hydrogens is 276 g/mol. The molecule has 2 N–H and O–H groups in total. The highest BCUT2D eigenvalue weighted by Crippen LogP contribution is 2.26. The van der Waals surface area contributed by atoms with Crippen molar-refractivity contribution in [1.82, 2.24) is 0 Å². The maximum atomic E-state index is 9.60. The van der Waals surface area contributed by atoms with Crippen LogP contribution < -0.4 is 10.6 Å². The molecule has 0 spiro atoms. The molecule has 0 aliphatic carbocycles. The number of hydrogen-bond donors (Lipinski definition) is 1. The summed E-state index contributed by atoms with van der Waals surface area (Å²) >= 11 is 0. The van der Waals surface area contributed by atoms with Crippen molar-refractivity contribution >= 4 is 17.8 Å². The van der Waals surface area contributed by atoms with Gasteiger partial charge in [-0.05, 0) is 64.2 Å². The van der Waals surface area contributed by atoms with Gasteiger partial charge in [0.2, 0.25) is 0 Å². The van der Waals surface area contributed by atoms with E-state index in [0.717, 1.165) is 12.1 Å². The van der Waals surface area contributed by atoms with Gasteiger partial charge in [0, 0.05) is 24.5 Å². The summed E-state index contributed by atoms with van der Waals surface area (Å²) in [4.78, 5) is 12.1. The van der Waals surface area contributed by atoms with E-state index in [2.05, 4.69) is 28.7 Å². The third-order valence-electron chi connectivity index (χ3n) is 3.59. The van der Waals surface area contributed by atoms with Crippen LogP contribution in [-0.4, -0.2) is 25.2 Å². The van der Waals surface area contributed by atoms with Gasteiger partial charge in [0.15, 0.2) is 0 Å². The number of carbonyl (C=O) groups is 1. The first kappa shape index (κ1) is 18.3. The van der Waals surface area contributed by atoms with Gasteiger partial charge in [0.05, 0.1) is 0 Å². The van der Waals surface area contributed by atoms with Gasteiger partial charge in [-0.15, -0.1) is 0 Å². The normalized spacial score (nSPS) is 14.8. The summed E-state index contributed by atoms with van der Waals surface area (Å²) in [5, 5.41) is 0. The Hall–Kier alpha value is -1.71. The number of nitrogens with two attached hydrogens (primary N) is 1. The van der Waals surface area contributed by atoms with Gasteiger partial charge in [0.1, 0.15) is 5.60 Å². The molecule has 1 aliphatic rings. The SMILES string of the molecule is CC(C)(C)OC=O.CCc1ccc(N)cc1N1CCCCC1. The lowest BCUT2D eigenvalue weighted by Gasteiger charge is -2.30. The number of benzene rings is 1. The number of ether oxygens (including phenoxy) is 1.